The zero-order chi connectivity index (χ0) is 14.7. The Balaban J connectivity index is 2.08. The summed E-state index contributed by atoms with van der Waals surface area (Å²) in [5, 5.41) is 1.42. The molecule has 0 saturated heterocycles. The lowest BCUT2D eigenvalue weighted by Crippen LogP contribution is -2.25. The largest absolute Gasteiger partial charge is 0.327 e. The van der Waals surface area contributed by atoms with Gasteiger partial charge in [-0.3, -0.25) is 0 Å². The Labute approximate surface area is 130 Å². The van der Waals surface area contributed by atoms with Crippen molar-refractivity contribution in [3.8, 4) is 0 Å². The molecule has 2 N–H and O–H groups in total. The van der Waals surface area contributed by atoms with Crippen molar-refractivity contribution in [1.29, 1.82) is 0 Å². The molecule has 0 saturated carbocycles. The fourth-order valence-corrected chi connectivity index (χ4v) is 2.93. The van der Waals surface area contributed by atoms with Crippen molar-refractivity contribution in [2.24, 2.45) is 5.73 Å². The van der Waals surface area contributed by atoms with Crippen molar-refractivity contribution in [1.82, 2.24) is 0 Å². The molecule has 2 aromatic carbocycles. The third kappa shape index (κ3) is 4.24. The molecule has 2 rings (SSSR count). The van der Waals surface area contributed by atoms with E-state index in [2.05, 4.69) is 32.0 Å². The summed E-state index contributed by atoms with van der Waals surface area (Å²) in [5.41, 5.74) is 11.1. The number of rotatable bonds is 4. The van der Waals surface area contributed by atoms with Crippen LogP contribution in [0.25, 0.3) is 0 Å². The first-order valence-electron chi connectivity index (χ1n) is 6.70. The van der Waals surface area contributed by atoms with E-state index in [-0.39, 0.29) is 6.04 Å². The smallest absolute Gasteiger partial charge is 0.0439 e. The standard InChI is InChI=1S/C17H19Cl2N/c1-11-5-12(2)7-13(6-11)8-16(20)10-14-9-15(18)3-4-17(14)19/h3-7,9,16H,8,10,20H2,1-2H3. The molecule has 1 nitrogen and oxygen atoms in total. The third-order valence-electron chi connectivity index (χ3n) is 3.27. The van der Waals surface area contributed by atoms with Crippen LogP contribution in [0.3, 0.4) is 0 Å². The Bertz CT molecular complexity index is 588. The Hall–Kier alpha value is -1.02. The van der Waals surface area contributed by atoms with Gasteiger partial charge in [-0.15, -0.1) is 0 Å². The van der Waals surface area contributed by atoms with Crippen molar-refractivity contribution in [3.63, 3.8) is 0 Å². The van der Waals surface area contributed by atoms with Crippen LogP contribution in [0.4, 0.5) is 0 Å². The zero-order valence-corrected chi connectivity index (χ0v) is 13.3. The average Bonchev–Trinajstić information content (AvgIpc) is 2.32. The van der Waals surface area contributed by atoms with Crippen LogP contribution in [0.2, 0.25) is 10.0 Å². The monoisotopic (exact) mass is 307 g/mol. The van der Waals surface area contributed by atoms with Gasteiger partial charge in [-0.25, -0.2) is 0 Å². The topological polar surface area (TPSA) is 26.0 Å². The maximum Gasteiger partial charge on any atom is 0.0439 e. The van der Waals surface area contributed by atoms with Crippen molar-refractivity contribution in [2.45, 2.75) is 32.7 Å². The number of halogens is 2. The van der Waals surface area contributed by atoms with E-state index in [4.69, 9.17) is 28.9 Å². The van der Waals surface area contributed by atoms with Gasteiger partial charge in [0.05, 0.1) is 0 Å². The van der Waals surface area contributed by atoms with Gasteiger partial charge in [0.2, 0.25) is 0 Å². The van der Waals surface area contributed by atoms with Gasteiger partial charge in [-0.1, -0.05) is 52.5 Å². The maximum atomic E-state index is 6.26. The van der Waals surface area contributed by atoms with Crippen LogP contribution < -0.4 is 5.73 Å². The molecule has 0 bridgehead atoms. The minimum atomic E-state index is 0.0344. The Kier molecular flexibility index (Phi) is 5.09. The lowest BCUT2D eigenvalue weighted by atomic mass is 9.97. The Morgan fingerprint density at radius 3 is 2.25 bits per heavy atom. The van der Waals surface area contributed by atoms with Gasteiger partial charge in [-0.2, -0.15) is 0 Å². The van der Waals surface area contributed by atoms with Crippen molar-refractivity contribution >= 4 is 23.2 Å². The first-order valence-corrected chi connectivity index (χ1v) is 7.46. The van der Waals surface area contributed by atoms with Gasteiger partial charge in [-0.05, 0) is 56.0 Å². The van der Waals surface area contributed by atoms with Crippen LogP contribution in [0.15, 0.2) is 36.4 Å². The Morgan fingerprint density at radius 2 is 1.60 bits per heavy atom. The maximum absolute atomic E-state index is 6.26. The second-order valence-electron chi connectivity index (χ2n) is 5.40. The number of nitrogens with two attached hydrogens (primary N) is 1. The number of aryl methyl sites for hydroxylation is 2. The molecule has 0 heterocycles. The van der Waals surface area contributed by atoms with E-state index in [1.807, 2.05) is 12.1 Å². The molecule has 0 amide bonds. The van der Waals surface area contributed by atoms with Gasteiger partial charge in [0.1, 0.15) is 0 Å². The highest BCUT2D eigenvalue weighted by Crippen LogP contribution is 2.22. The van der Waals surface area contributed by atoms with Crippen molar-refractivity contribution in [3.05, 3.63) is 68.7 Å². The van der Waals surface area contributed by atoms with Gasteiger partial charge in [0.25, 0.3) is 0 Å². The van der Waals surface area contributed by atoms with E-state index in [1.54, 1.807) is 6.07 Å². The normalized spacial score (nSPS) is 12.4. The summed E-state index contributed by atoms with van der Waals surface area (Å²) < 4.78 is 0. The highest BCUT2D eigenvalue weighted by Gasteiger charge is 2.09. The molecule has 0 aliphatic heterocycles. The van der Waals surface area contributed by atoms with Gasteiger partial charge in [0.15, 0.2) is 0 Å². The van der Waals surface area contributed by atoms with Crippen LogP contribution in [0.5, 0.6) is 0 Å². The van der Waals surface area contributed by atoms with Gasteiger partial charge >= 0.3 is 0 Å². The van der Waals surface area contributed by atoms with Crippen LogP contribution in [-0.4, -0.2) is 6.04 Å². The van der Waals surface area contributed by atoms with Gasteiger partial charge < -0.3 is 5.73 Å². The summed E-state index contributed by atoms with van der Waals surface area (Å²) in [7, 11) is 0. The van der Waals surface area contributed by atoms with E-state index in [9.17, 15) is 0 Å². The molecule has 0 aliphatic carbocycles. The molecule has 2 aromatic rings. The predicted molar refractivity (Wildman–Crippen MR) is 87.8 cm³/mol. The van der Waals surface area contributed by atoms with Crippen LogP contribution >= 0.6 is 23.2 Å². The Morgan fingerprint density at radius 1 is 0.950 bits per heavy atom. The molecule has 0 aliphatic rings. The SMILES string of the molecule is Cc1cc(C)cc(CC(N)Cc2cc(Cl)ccc2Cl)c1. The van der Waals surface area contributed by atoms with Crippen molar-refractivity contribution in [2.75, 3.05) is 0 Å². The molecule has 20 heavy (non-hydrogen) atoms. The predicted octanol–water partition coefficient (Wildman–Crippen LogP) is 4.72. The molecule has 1 unspecified atom stereocenters. The summed E-state index contributed by atoms with van der Waals surface area (Å²) in [6.45, 7) is 4.21. The molecule has 3 heteroatoms. The number of benzene rings is 2. The van der Waals surface area contributed by atoms with E-state index >= 15 is 0 Å². The summed E-state index contributed by atoms with van der Waals surface area (Å²) in [4.78, 5) is 0. The second kappa shape index (κ2) is 6.62. The molecular formula is C17H19Cl2N. The van der Waals surface area contributed by atoms with Crippen molar-refractivity contribution < 1.29 is 0 Å². The summed E-state index contributed by atoms with van der Waals surface area (Å²) >= 11 is 12.2. The zero-order valence-electron chi connectivity index (χ0n) is 11.8. The third-order valence-corrected chi connectivity index (χ3v) is 3.87. The molecule has 0 radical (unpaired) electrons. The van der Waals surface area contributed by atoms with E-state index in [0.717, 1.165) is 23.4 Å². The fraction of sp³-hybridized carbons (Fsp3) is 0.294. The summed E-state index contributed by atoms with van der Waals surface area (Å²) in [6.07, 6.45) is 1.57. The average molecular weight is 308 g/mol. The number of hydrogen-bond acceptors (Lipinski definition) is 1. The first kappa shape index (κ1) is 15.4. The molecular weight excluding hydrogens is 289 g/mol. The van der Waals surface area contributed by atoms with E-state index in [0.29, 0.717) is 5.02 Å². The van der Waals surface area contributed by atoms with E-state index in [1.165, 1.54) is 16.7 Å². The lowest BCUT2D eigenvalue weighted by Gasteiger charge is -2.14. The minimum Gasteiger partial charge on any atom is -0.327 e. The minimum absolute atomic E-state index is 0.0344. The van der Waals surface area contributed by atoms with Crippen LogP contribution in [0.1, 0.15) is 22.3 Å². The molecule has 1 atom stereocenters. The van der Waals surface area contributed by atoms with Crippen LogP contribution in [0, 0.1) is 13.8 Å². The highest BCUT2D eigenvalue weighted by molar-refractivity contribution is 6.33. The summed E-state index contributed by atoms with van der Waals surface area (Å²) in [5.74, 6) is 0. The molecule has 0 fully saturated rings. The van der Waals surface area contributed by atoms with Crippen LogP contribution in [-0.2, 0) is 12.8 Å². The summed E-state index contributed by atoms with van der Waals surface area (Å²) in [6, 6.07) is 12.1. The molecule has 0 spiro atoms. The quantitative estimate of drug-likeness (QED) is 0.868. The highest BCUT2D eigenvalue weighted by atomic mass is 35.5. The molecule has 0 aromatic heterocycles. The lowest BCUT2D eigenvalue weighted by molar-refractivity contribution is 0.664. The van der Waals surface area contributed by atoms with E-state index < -0.39 is 0 Å². The van der Waals surface area contributed by atoms with Gasteiger partial charge in [0, 0.05) is 16.1 Å². The molecule has 106 valence electrons. The number of hydrogen-bond donors (Lipinski definition) is 1. The fourth-order valence-electron chi connectivity index (χ4n) is 2.54. The second-order valence-corrected chi connectivity index (χ2v) is 6.24. The first-order chi connectivity index (χ1) is 9.44.